The number of benzene rings is 2. The lowest BCUT2D eigenvalue weighted by Crippen LogP contribution is -2.48. The Balaban J connectivity index is 1.96. The monoisotopic (exact) mass is 418 g/mol. The highest BCUT2D eigenvalue weighted by molar-refractivity contribution is 9.10. The van der Waals surface area contributed by atoms with E-state index in [-0.39, 0.29) is 11.9 Å². The van der Waals surface area contributed by atoms with Crippen molar-refractivity contribution in [1.82, 2.24) is 10.6 Å². The van der Waals surface area contributed by atoms with E-state index in [1.54, 1.807) is 6.92 Å². The maximum atomic E-state index is 12.2. The molecule has 0 fully saturated rings. The van der Waals surface area contributed by atoms with E-state index in [0.29, 0.717) is 26.0 Å². The van der Waals surface area contributed by atoms with Crippen LogP contribution in [0.2, 0.25) is 0 Å². The molecule has 6 heteroatoms. The average Bonchev–Trinajstić information content (AvgIpc) is 2.64. The highest BCUT2D eigenvalue weighted by Crippen LogP contribution is 2.12. The summed E-state index contributed by atoms with van der Waals surface area (Å²) in [6.07, 6.45) is 1.17. The molecular formula is C20H23BrN2O3. The van der Waals surface area contributed by atoms with Crippen molar-refractivity contribution in [2.75, 3.05) is 6.61 Å². The molecule has 0 bridgehead atoms. The Kier molecular flexibility index (Phi) is 8.31. The fourth-order valence-corrected chi connectivity index (χ4v) is 2.72. The molecule has 0 aliphatic rings. The summed E-state index contributed by atoms with van der Waals surface area (Å²) >= 11 is 3.42. The number of ether oxygens (including phenoxy) is 1. The molecule has 0 spiro atoms. The molecule has 2 rings (SSSR count). The van der Waals surface area contributed by atoms with Crippen molar-refractivity contribution in [2.45, 2.75) is 32.0 Å². The first kappa shape index (κ1) is 20.1. The fourth-order valence-electron chi connectivity index (χ4n) is 2.45. The van der Waals surface area contributed by atoms with Crippen molar-refractivity contribution < 1.29 is 14.3 Å². The molecule has 26 heavy (non-hydrogen) atoms. The molecule has 0 heterocycles. The summed E-state index contributed by atoms with van der Waals surface area (Å²) in [4.78, 5) is 22.8. The van der Waals surface area contributed by atoms with Crippen LogP contribution in [0.15, 0.2) is 59.1 Å². The van der Waals surface area contributed by atoms with Crippen LogP contribution in [0, 0.1) is 0 Å². The van der Waals surface area contributed by atoms with Crippen LogP contribution < -0.4 is 10.6 Å². The Morgan fingerprint density at radius 2 is 1.81 bits per heavy atom. The van der Waals surface area contributed by atoms with Gasteiger partial charge in [0.05, 0.1) is 19.3 Å². The molecule has 0 aliphatic heterocycles. The van der Waals surface area contributed by atoms with Crippen molar-refractivity contribution in [3.63, 3.8) is 0 Å². The van der Waals surface area contributed by atoms with Gasteiger partial charge in [0.1, 0.15) is 6.04 Å². The molecule has 0 radical (unpaired) electrons. The molecule has 0 saturated carbocycles. The van der Waals surface area contributed by atoms with Gasteiger partial charge < -0.3 is 15.4 Å². The lowest BCUT2D eigenvalue weighted by Gasteiger charge is -2.21. The molecule has 0 unspecified atom stereocenters. The first-order valence-corrected chi connectivity index (χ1v) is 9.24. The van der Waals surface area contributed by atoms with E-state index < -0.39 is 6.04 Å². The number of hydrogen-bond acceptors (Lipinski definition) is 3. The van der Waals surface area contributed by atoms with Crippen LogP contribution in [-0.4, -0.2) is 31.0 Å². The number of carbonyl (C=O) groups excluding carboxylic acids is 2. The van der Waals surface area contributed by atoms with Gasteiger partial charge in [0.25, 0.3) is 0 Å². The molecule has 2 atom stereocenters. The van der Waals surface area contributed by atoms with E-state index in [1.807, 2.05) is 54.6 Å². The number of carbonyl (C=O) groups is 2. The van der Waals surface area contributed by atoms with Crippen molar-refractivity contribution >= 4 is 28.2 Å². The second-order valence-corrected chi connectivity index (χ2v) is 6.96. The molecule has 2 amide bonds. The molecule has 2 aromatic rings. The predicted molar refractivity (Wildman–Crippen MR) is 105 cm³/mol. The Labute approximate surface area is 162 Å². The van der Waals surface area contributed by atoms with Crippen LogP contribution in [-0.2, 0) is 27.4 Å². The Morgan fingerprint density at radius 1 is 1.12 bits per heavy atom. The van der Waals surface area contributed by atoms with Crippen molar-refractivity contribution in [2.24, 2.45) is 0 Å². The smallest absolute Gasteiger partial charge is 0.242 e. The van der Waals surface area contributed by atoms with Gasteiger partial charge in [-0.15, -0.1) is 0 Å². The number of hydrogen-bond donors (Lipinski definition) is 2. The Hall–Kier alpha value is -2.18. The van der Waals surface area contributed by atoms with Crippen LogP contribution in [0.4, 0.5) is 0 Å². The second kappa shape index (κ2) is 10.7. The third-order valence-electron chi connectivity index (χ3n) is 3.88. The molecule has 5 nitrogen and oxygen atoms in total. The van der Waals surface area contributed by atoms with E-state index in [2.05, 4.69) is 26.6 Å². The van der Waals surface area contributed by atoms with Gasteiger partial charge >= 0.3 is 0 Å². The van der Waals surface area contributed by atoms with Crippen molar-refractivity contribution in [3.8, 4) is 0 Å². The zero-order chi connectivity index (χ0) is 18.8. The van der Waals surface area contributed by atoms with Crippen LogP contribution in [0.1, 0.15) is 18.1 Å². The fraction of sp³-hybridized carbons (Fsp3) is 0.300. The van der Waals surface area contributed by atoms with E-state index in [9.17, 15) is 9.59 Å². The van der Waals surface area contributed by atoms with Crippen molar-refractivity contribution in [1.29, 1.82) is 0 Å². The SMILES string of the molecule is C[C@@H](NC=O)C(=O)N[C@H](COCc1ccccc1)Cc1ccc(Br)cc1. The third-order valence-corrected chi connectivity index (χ3v) is 4.41. The molecule has 0 saturated heterocycles. The van der Waals surface area contributed by atoms with Crippen LogP contribution >= 0.6 is 15.9 Å². The highest BCUT2D eigenvalue weighted by atomic mass is 79.9. The van der Waals surface area contributed by atoms with E-state index >= 15 is 0 Å². The van der Waals surface area contributed by atoms with Gasteiger partial charge in [0, 0.05) is 4.47 Å². The maximum Gasteiger partial charge on any atom is 0.242 e. The molecule has 0 aromatic heterocycles. The van der Waals surface area contributed by atoms with E-state index in [1.165, 1.54) is 0 Å². The van der Waals surface area contributed by atoms with Crippen LogP contribution in [0.3, 0.4) is 0 Å². The van der Waals surface area contributed by atoms with Crippen LogP contribution in [0.25, 0.3) is 0 Å². The van der Waals surface area contributed by atoms with E-state index in [4.69, 9.17) is 4.74 Å². The molecule has 2 aromatic carbocycles. The first-order chi connectivity index (χ1) is 12.6. The minimum atomic E-state index is -0.589. The normalized spacial score (nSPS) is 12.8. The van der Waals surface area contributed by atoms with Gasteiger partial charge in [-0.25, -0.2) is 0 Å². The van der Waals surface area contributed by atoms with Gasteiger partial charge in [-0.3, -0.25) is 9.59 Å². The van der Waals surface area contributed by atoms with Gasteiger partial charge in [-0.05, 0) is 36.6 Å². The first-order valence-electron chi connectivity index (χ1n) is 8.44. The van der Waals surface area contributed by atoms with Gasteiger partial charge in [-0.2, -0.15) is 0 Å². The third kappa shape index (κ3) is 6.98. The number of rotatable bonds is 10. The number of amides is 2. The average molecular weight is 419 g/mol. The maximum absolute atomic E-state index is 12.2. The summed E-state index contributed by atoms with van der Waals surface area (Å²) in [6.45, 7) is 2.51. The minimum absolute atomic E-state index is 0.191. The molecular weight excluding hydrogens is 396 g/mol. The second-order valence-electron chi connectivity index (χ2n) is 6.04. The molecule has 138 valence electrons. The largest absolute Gasteiger partial charge is 0.375 e. The lowest BCUT2D eigenvalue weighted by molar-refractivity contribution is -0.125. The van der Waals surface area contributed by atoms with Crippen molar-refractivity contribution in [3.05, 3.63) is 70.2 Å². The Morgan fingerprint density at radius 3 is 2.46 bits per heavy atom. The predicted octanol–water partition coefficient (Wildman–Crippen LogP) is 2.83. The quantitative estimate of drug-likeness (QED) is 0.582. The summed E-state index contributed by atoms with van der Waals surface area (Å²) in [6, 6.07) is 17.1. The highest BCUT2D eigenvalue weighted by Gasteiger charge is 2.18. The zero-order valence-corrected chi connectivity index (χ0v) is 16.2. The standard InChI is InChI=1S/C20H23BrN2O3/c1-15(22-14-24)20(25)23-19(11-16-7-9-18(21)10-8-16)13-26-12-17-5-3-2-4-6-17/h2-10,14-15,19H,11-13H2,1H3,(H,22,24)(H,23,25)/t15-,19+/m1/s1. The minimum Gasteiger partial charge on any atom is -0.375 e. The Bertz CT molecular complexity index is 692. The topological polar surface area (TPSA) is 67.4 Å². The van der Waals surface area contributed by atoms with Gasteiger partial charge in [0.15, 0.2) is 0 Å². The van der Waals surface area contributed by atoms with Crippen LogP contribution in [0.5, 0.6) is 0 Å². The molecule has 2 N–H and O–H groups in total. The zero-order valence-electron chi connectivity index (χ0n) is 14.7. The summed E-state index contributed by atoms with van der Waals surface area (Å²) in [7, 11) is 0. The summed E-state index contributed by atoms with van der Waals surface area (Å²) in [5.74, 6) is -0.234. The summed E-state index contributed by atoms with van der Waals surface area (Å²) in [5.41, 5.74) is 2.18. The summed E-state index contributed by atoms with van der Waals surface area (Å²) < 4.78 is 6.81. The number of nitrogens with one attached hydrogen (secondary N) is 2. The van der Waals surface area contributed by atoms with Gasteiger partial charge in [-0.1, -0.05) is 58.4 Å². The molecule has 0 aliphatic carbocycles. The van der Waals surface area contributed by atoms with E-state index in [0.717, 1.165) is 15.6 Å². The van der Waals surface area contributed by atoms with Gasteiger partial charge in [0.2, 0.25) is 12.3 Å². The lowest BCUT2D eigenvalue weighted by atomic mass is 10.1. The number of halogens is 1. The summed E-state index contributed by atoms with van der Waals surface area (Å²) in [5, 5.41) is 5.42.